The van der Waals surface area contributed by atoms with E-state index in [2.05, 4.69) is 0 Å². The molecule has 0 aliphatic rings. The highest BCUT2D eigenvalue weighted by Crippen LogP contribution is 2.27. The van der Waals surface area contributed by atoms with Crippen molar-refractivity contribution in [3.63, 3.8) is 0 Å². The van der Waals surface area contributed by atoms with E-state index in [4.69, 9.17) is 22.1 Å². The summed E-state index contributed by atoms with van der Waals surface area (Å²) in [5.74, 6) is 1.87. The highest BCUT2D eigenvalue weighted by Gasteiger charge is 2.02. The van der Waals surface area contributed by atoms with Gasteiger partial charge < -0.3 is 10.5 Å². The summed E-state index contributed by atoms with van der Waals surface area (Å²) in [7, 11) is 0. The van der Waals surface area contributed by atoms with Gasteiger partial charge in [0.25, 0.3) is 0 Å². The lowest BCUT2D eigenvalue weighted by Gasteiger charge is -2.10. The summed E-state index contributed by atoms with van der Waals surface area (Å²) < 4.78 is 5.77. The van der Waals surface area contributed by atoms with Gasteiger partial charge in [0.15, 0.2) is 0 Å². The molecule has 0 aromatic heterocycles. The number of thioether (sulfide) groups is 1. The molecule has 0 bridgehead atoms. The maximum absolute atomic E-state index is 6.11. The van der Waals surface area contributed by atoms with Crippen LogP contribution in [0.15, 0.2) is 53.4 Å². The van der Waals surface area contributed by atoms with Gasteiger partial charge >= 0.3 is 0 Å². The summed E-state index contributed by atoms with van der Waals surface area (Å²) in [5, 5.41) is 0.812. The first kappa shape index (κ1) is 15.2. The first-order chi connectivity index (χ1) is 9.81. The van der Waals surface area contributed by atoms with E-state index in [-0.39, 0.29) is 0 Å². The van der Waals surface area contributed by atoms with Gasteiger partial charge in [-0.15, -0.1) is 11.8 Å². The Bertz CT molecular complexity index is 548. The lowest BCUT2D eigenvalue weighted by Crippen LogP contribution is -2.04. The molecular formula is C16H18ClNOS. The van der Waals surface area contributed by atoms with E-state index in [1.54, 1.807) is 11.8 Å². The lowest BCUT2D eigenvalue weighted by atomic mass is 10.2. The number of hydrogen-bond donors (Lipinski definition) is 1. The van der Waals surface area contributed by atoms with Crippen LogP contribution in [0.3, 0.4) is 0 Å². The second-order valence-electron chi connectivity index (χ2n) is 4.29. The highest BCUT2D eigenvalue weighted by atomic mass is 35.5. The van der Waals surface area contributed by atoms with Gasteiger partial charge in [-0.1, -0.05) is 41.9 Å². The Morgan fingerprint density at radius 2 is 1.80 bits per heavy atom. The summed E-state index contributed by atoms with van der Waals surface area (Å²) in [5.41, 5.74) is 6.72. The van der Waals surface area contributed by atoms with Gasteiger partial charge in [0.1, 0.15) is 5.75 Å². The third-order valence-corrected chi connectivity index (χ3v) is 4.43. The number of ether oxygens (including phenoxy) is 1. The van der Waals surface area contributed by atoms with E-state index in [0.29, 0.717) is 13.2 Å². The standard InChI is InChI=1S/C16H18ClNOS/c17-14-7-2-4-9-16(14)20-11-5-10-19-15-8-3-1-6-13(15)12-18/h1-4,6-9H,5,10-12,18H2. The van der Waals surface area contributed by atoms with Crippen LogP contribution >= 0.6 is 23.4 Å². The summed E-state index contributed by atoms with van der Waals surface area (Å²) in [6, 6.07) is 15.8. The number of halogens is 1. The number of nitrogens with two attached hydrogens (primary N) is 1. The fourth-order valence-electron chi connectivity index (χ4n) is 1.80. The smallest absolute Gasteiger partial charge is 0.123 e. The van der Waals surface area contributed by atoms with Crippen LogP contribution in [0, 0.1) is 0 Å². The Hall–Kier alpha value is -1.16. The van der Waals surface area contributed by atoms with Crippen LogP contribution in [0.5, 0.6) is 5.75 Å². The van der Waals surface area contributed by atoms with Gasteiger partial charge in [0, 0.05) is 22.8 Å². The van der Waals surface area contributed by atoms with Gasteiger partial charge in [-0.3, -0.25) is 0 Å². The van der Waals surface area contributed by atoms with Gasteiger partial charge in [-0.25, -0.2) is 0 Å². The molecule has 20 heavy (non-hydrogen) atoms. The van der Waals surface area contributed by atoms with Crippen molar-refractivity contribution >= 4 is 23.4 Å². The molecule has 106 valence electrons. The molecule has 0 spiro atoms. The maximum atomic E-state index is 6.11. The van der Waals surface area contributed by atoms with Crippen molar-refractivity contribution in [3.8, 4) is 5.75 Å². The lowest BCUT2D eigenvalue weighted by molar-refractivity contribution is 0.315. The quantitative estimate of drug-likeness (QED) is 0.610. The number of hydrogen-bond acceptors (Lipinski definition) is 3. The van der Waals surface area contributed by atoms with Crippen molar-refractivity contribution in [3.05, 3.63) is 59.1 Å². The van der Waals surface area contributed by atoms with Crippen molar-refractivity contribution in [1.82, 2.24) is 0 Å². The Morgan fingerprint density at radius 1 is 1.05 bits per heavy atom. The molecule has 0 fully saturated rings. The van der Waals surface area contributed by atoms with Crippen LogP contribution in [-0.4, -0.2) is 12.4 Å². The summed E-state index contributed by atoms with van der Waals surface area (Å²) in [6.07, 6.45) is 0.967. The van der Waals surface area contributed by atoms with Crippen molar-refractivity contribution in [2.24, 2.45) is 5.73 Å². The first-order valence-electron chi connectivity index (χ1n) is 6.59. The van der Waals surface area contributed by atoms with Gasteiger partial charge in [0.05, 0.1) is 11.6 Å². The molecule has 2 rings (SSSR count). The van der Waals surface area contributed by atoms with Crippen LogP contribution in [0.25, 0.3) is 0 Å². The van der Waals surface area contributed by atoms with Crippen molar-refractivity contribution < 1.29 is 4.74 Å². The molecule has 0 unspecified atom stereocenters. The minimum atomic E-state index is 0.505. The number of para-hydroxylation sites is 1. The van der Waals surface area contributed by atoms with E-state index < -0.39 is 0 Å². The highest BCUT2D eigenvalue weighted by molar-refractivity contribution is 7.99. The molecule has 0 amide bonds. The molecule has 0 atom stereocenters. The summed E-state index contributed by atoms with van der Waals surface area (Å²) >= 11 is 7.86. The molecular weight excluding hydrogens is 290 g/mol. The largest absolute Gasteiger partial charge is 0.493 e. The van der Waals surface area contributed by atoms with Crippen LogP contribution in [0.2, 0.25) is 5.02 Å². The molecule has 0 aliphatic heterocycles. The Labute approximate surface area is 129 Å². The van der Waals surface area contributed by atoms with Crippen molar-refractivity contribution in [2.45, 2.75) is 17.9 Å². The fourth-order valence-corrected chi connectivity index (χ4v) is 2.96. The predicted octanol–water partition coefficient (Wildman–Crippen LogP) is 4.36. The Kier molecular flexibility index (Phi) is 6.25. The van der Waals surface area contributed by atoms with E-state index >= 15 is 0 Å². The van der Waals surface area contributed by atoms with Crippen LogP contribution < -0.4 is 10.5 Å². The zero-order valence-electron chi connectivity index (χ0n) is 11.2. The zero-order valence-corrected chi connectivity index (χ0v) is 12.8. The SMILES string of the molecule is NCc1ccccc1OCCCSc1ccccc1Cl. The van der Waals surface area contributed by atoms with Crippen LogP contribution in [-0.2, 0) is 6.54 Å². The molecule has 0 saturated heterocycles. The van der Waals surface area contributed by atoms with Gasteiger partial charge in [-0.05, 0) is 24.6 Å². The molecule has 2 aromatic carbocycles. The third-order valence-electron chi connectivity index (χ3n) is 2.83. The topological polar surface area (TPSA) is 35.2 Å². The minimum Gasteiger partial charge on any atom is -0.493 e. The average Bonchev–Trinajstić information content (AvgIpc) is 2.49. The molecule has 0 aliphatic carbocycles. The Morgan fingerprint density at radius 3 is 2.60 bits per heavy atom. The number of rotatable bonds is 7. The molecule has 0 heterocycles. The van der Waals surface area contributed by atoms with E-state index in [1.807, 2.05) is 48.5 Å². The normalized spacial score (nSPS) is 10.5. The monoisotopic (exact) mass is 307 g/mol. The predicted molar refractivity (Wildman–Crippen MR) is 86.6 cm³/mol. The zero-order chi connectivity index (χ0) is 14.2. The minimum absolute atomic E-state index is 0.505. The second-order valence-corrected chi connectivity index (χ2v) is 5.84. The maximum Gasteiger partial charge on any atom is 0.123 e. The Balaban J connectivity index is 1.73. The van der Waals surface area contributed by atoms with E-state index in [1.165, 1.54) is 0 Å². The van der Waals surface area contributed by atoms with E-state index in [9.17, 15) is 0 Å². The van der Waals surface area contributed by atoms with E-state index in [0.717, 1.165) is 33.4 Å². The molecule has 4 heteroatoms. The first-order valence-corrected chi connectivity index (χ1v) is 7.95. The molecule has 0 radical (unpaired) electrons. The van der Waals surface area contributed by atoms with Crippen molar-refractivity contribution in [1.29, 1.82) is 0 Å². The molecule has 0 saturated carbocycles. The van der Waals surface area contributed by atoms with Crippen molar-refractivity contribution in [2.75, 3.05) is 12.4 Å². The number of benzene rings is 2. The summed E-state index contributed by atoms with van der Waals surface area (Å²) in [4.78, 5) is 1.12. The fraction of sp³-hybridized carbons (Fsp3) is 0.250. The van der Waals surface area contributed by atoms with Crippen LogP contribution in [0.1, 0.15) is 12.0 Å². The van der Waals surface area contributed by atoms with Gasteiger partial charge in [0.2, 0.25) is 0 Å². The molecule has 2 aromatic rings. The van der Waals surface area contributed by atoms with Gasteiger partial charge in [-0.2, -0.15) is 0 Å². The molecule has 2 nitrogen and oxygen atoms in total. The average molecular weight is 308 g/mol. The van der Waals surface area contributed by atoms with Crippen LogP contribution in [0.4, 0.5) is 0 Å². The summed E-state index contributed by atoms with van der Waals surface area (Å²) in [6.45, 7) is 1.19. The molecule has 2 N–H and O–H groups in total. The third kappa shape index (κ3) is 4.44. The second kappa shape index (κ2) is 8.20.